The third-order valence-electron chi connectivity index (χ3n) is 11.2. The van der Waals surface area contributed by atoms with Crippen molar-refractivity contribution < 1.29 is 23.1 Å². The molecule has 0 bridgehead atoms. The molecule has 5 rings (SSSR count). The number of hydrogen-bond donors (Lipinski definition) is 1. The molecule has 2 amide bonds. The Bertz CT molecular complexity index is 1600. The molecule has 0 aliphatic carbocycles. The molecule has 10 nitrogen and oxygen atoms in total. The molecule has 2 saturated heterocycles. The first-order valence-corrected chi connectivity index (χ1v) is 21.9. The second-order valence-electron chi connectivity index (χ2n) is 18.6. The number of pyridine rings is 1. The number of anilines is 1. The Hall–Kier alpha value is -3.06. The van der Waals surface area contributed by atoms with E-state index in [1.54, 1.807) is 12.1 Å². The van der Waals surface area contributed by atoms with Gasteiger partial charge in [-0.05, 0) is 89.0 Å². The van der Waals surface area contributed by atoms with Gasteiger partial charge in [0, 0.05) is 68.2 Å². The smallest absolute Gasteiger partial charge is 0.410 e. The topological polar surface area (TPSA) is 104 Å². The maximum absolute atomic E-state index is 14.6. The number of carbonyl (C=O) groups excluding carboxylic acids is 2. The van der Waals surface area contributed by atoms with E-state index < -0.39 is 19.3 Å². The van der Waals surface area contributed by atoms with Gasteiger partial charge in [0.25, 0.3) is 8.32 Å². The highest BCUT2D eigenvalue weighted by molar-refractivity contribution is 6.74. The zero-order chi connectivity index (χ0) is 38.4. The van der Waals surface area contributed by atoms with Crippen LogP contribution in [0.15, 0.2) is 30.3 Å². The van der Waals surface area contributed by atoms with Gasteiger partial charge in [-0.1, -0.05) is 46.8 Å². The molecule has 1 aromatic carbocycles. The number of carbonyl (C=O) groups is 2. The highest BCUT2D eigenvalue weighted by atomic mass is 28.4. The molecule has 0 radical (unpaired) electrons. The SMILES string of the molecule is C[C@@H]1CN(CC(=O)N2CC(C)(C)c3nc(O[Si](C)(C)C(C)(C)C)c(Cc4ccc(F)cc4)cc32)[C@@H](CN2CCC[C@H](N)C2)CN1C(=O)OC(C)(C)C. The van der Waals surface area contributed by atoms with Crippen LogP contribution in [0.5, 0.6) is 5.88 Å². The van der Waals surface area contributed by atoms with E-state index in [0.717, 1.165) is 48.4 Å². The molecule has 3 aliphatic rings. The van der Waals surface area contributed by atoms with Gasteiger partial charge in [-0.25, -0.2) is 14.2 Å². The Kier molecular flexibility index (Phi) is 11.6. The maximum Gasteiger partial charge on any atom is 0.410 e. The lowest BCUT2D eigenvalue weighted by Crippen LogP contribution is -2.64. The second kappa shape index (κ2) is 15.0. The molecule has 3 atom stereocenters. The minimum atomic E-state index is -2.27. The average molecular weight is 739 g/mol. The molecule has 2 N–H and O–H groups in total. The predicted octanol–water partition coefficient (Wildman–Crippen LogP) is 6.55. The summed E-state index contributed by atoms with van der Waals surface area (Å²) in [5, 5.41) is -0.0429. The lowest BCUT2D eigenvalue weighted by molar-refractivity contribution is -0.121. The summed E-state index contributed by atoms with van der Waals surface area (Å²) < 4.78 is 26.6. The molecule has 0 unspecified atom stereocenters. The summed E-state index contributed by atoms with van der Waals surface area (Å²) in [7, 11) is -2.27. The lowest BCUT2D eigenvalue weighted by atomic mass is 9.91. The van der Waals surface area contributed by atoms with Crippen LogP contribution in [0.4, 0.5) is 14.9 Å². The fourth-order valence-corrected chi connectivity index (χ4v) is 8.27. The maximum atomic E-state index is 14.6. The third-order valence-corrected chi connectivity index (χ3v) is 15.5. The number of benzene rings is 1. The Morgan fingerprint density at radius 3 is 2.35 bits per heavy atom. The van der Waals surface area contributed by atoms with Crippen molar-refractivity contribution in [1.29, 1.82) is 0 Å². The lowest BCUT2D eigenvalue weighted by Gasteiger charge is -2.47. The molecule has 52 heavy (non-hydrogen) atoms. The van der Waals surface area contributed by atoms with E-state index in [0.29, 0.717) is 38.5 Å². The minimum Gasteiger partial charge on any atom is -0.530 e. The van der Waals surface area contributed by atoms with Crippen LogP contribution in [0.3, 0.4) is 0 Å². The fourth-order valence-electron chi connectivity index (χ4n) is 7.30. The molecule has 288 valence electrons. The molecular weight excluding hydrogens is 676 g/mol. The Morgan fingerprint density at radius 2 is 1.73 bits per heavy atom. The molecule has 3 aliphatic heterocycles. The van der Waals surface area contributed by atoms with Gasteiger partial charge >= 0.3 is 6.09 Å². The number of piperidine rings is 1. The van der Waals surface area contributed by atoms with E-state index in [4.69, 9.17) is 19.9 Å². The molecular formula is C40H63FN6O4Si. The van der Waals surface area contributed by atoms with Gasteiger partial charge in [-0.3, -0.25) is 9.69 Å². The molecule has 12 heteroatoms. The first-order chi connectivity index (χ1) is 24.0. The summed E-state index contributed by atoms with van der Waals surface area (Å²) in [6.45, 7) is 27.2. The number of piperazine rings is 1. The van der Waals surface area contributed by atoms with Crippen molar-refractivity contribution in [2.45, 2.75) is 129 Å². The van der Waals surface area contributed by atoms with Gasteiger partial charge in [-0.15, -0.1) is 0 Å². The molecule has 2 fully saturated rings. The van der Waals surface area contributed by atoms with Crippen LogP contribution < -0.4 is 15.1 Å². The van der Waals surface area contributed by atoms with Gasteiger partial charge in [-0.2, -0.15) is 0 Å². The summed E-state index contributed by atoms with van der Waals surface area (Å²) in [6, 6.07) is 8.53. The van der Waals surface area contributed by atoms with Crippen molar-refractivity contribution in [3.05, 3.63) is 53.0 Å². The average Bonchev–Trinajstić information content (AvgIpc) is 3.27. The number of amides is 2. The van der Waals surface area contributed by atoms with E-state index in [-0.39, 0.29) is 47.5 Å². The molecule has 1 aromatic heterocycles. The van der Waals surface area contributed by atoms with Crippen molar-refractivity contribution in [1.82, 2.24) is 19.7 Å². The first kappa shape index (κ1) is 40.1. The van der Waals surface area contributed by atoms with Crippen LogP contribution in [0, 0.1) is 5.82 Å². The van der Waals surface area contributed by atoms with Gasteiger partial charge in [0.05, 0.1) is 17.9 Å². The summed E-state index contributed by atoms with van der Waals surface area (Å²) in [4.78, 5) is 41.5. The number of aromatic nitrogens is 1. The number of nitrogens with two attached hydrogens (primary N) is 1. The zero-order valence-corrected chi connectivity index (χ0v) is 34.5. The van der Waals surface area contributed by atoms with Crippen molar-refractivity contribution in [3.8, 4) is 5.88 Å². The zero-order valence-electron chi connectivity index (χ0n) is 33.5. The van der Waals surface area contributed by atoms with Crippen LogP contribution in [-0.4, -0.2) is 110 Å². The number of rotatable bonds is 8. The predicted molar refractivity (Wildman–Crippen MR) is 208 cm³/mol. The molecule has 4 heterocycles. The van der Waals surface area contributed by atoms with Crippen molar-refractivity contribution in [2.75, 3.05) is 50.7 Å². The number of ether oxygens (including phenoxy) is 1. The highest BCUT2D eigenvalue weighted by Crippen LogP contribution is 2.44. The third kappa shape index (κ3) is 9.35. The Morgan fingerprint density at radius 1 is 1.06 bits per heavy atom. The van der Waals surface area contributed by atoms with E-state index in [1.807, 2.05) is 37.5 Å². The first-order valence-electron chi connectivity index (χ1n) is 19.0. The van der Waals surface area contributed by atoms with Crippen molar-refractivity contribution in [2.24, 2.45) is 5.73 Å². The highest BCUT2D eigenvalue weighted by Gasteiger charge is 2.45. The number of nitrogens with zero attached hydrogens (tertiary/aromatic N) is 5. The summed E-state index contributed by atoms with van der Waals surface area (Å²) in [5.74, 6) is 0.316. The number of halogens is 1. The van der Waals surface area contributed by atoms with Crippen LogP contribution in [0.1, 0.15) is 92.0 Å². The van der Waals surface area contributed by atoms with E-state index in [2.05, 4.69) is 63.6 Å². The Labute approximate surface area is 312 Å². The summed E-state index contributed by atoms with van der Waals surface area (Å²) in [6.07, 6.45) is 2.22. The standard InChI is InChI=1S/C40H63FN6O4Si/c1-27-21-45(32(23-44-18-12-13-31(42)22-44)24-46(27)37(49)50-38(2,3)4)25-34(48)47-26-40(8,9)35-33(47)20-29(19-28-14-16-30(41)17-15-28)36(43-35)51-52(10,11)39(5,6)7/h14-17,20,27,31-32H,12-13,18-19,21-26,42H2,1-11H3/t27-,31+,32+/m1/s1. The van der Waals surface area contributed by atoms with Crippen molar-refractivity contribution >= 4 is 26.0 Å². The molecule has 0 spiro atoms. The van der Waals surface area contributed by atoms with Gasteiger partial charge < -0.3 is 29.6 Å². The number of fused-ring (bicyclic) bond motifs is 1. The van der Waals surface area contributed by atoms with Crippen LogP contribution in [-0.2, 0) is 21.4 Å². The van der Waals surface area contributed by atoms with Gasteiger partial charge in [0.15, 0.2) is 0 Å². The molecule has 0 saturated carbocycles. The van der Waals surface area contributed by atoms with Crippen LogP contribution >= 0.6 is 0 Å². The summed E-state index contributed by atoms with van der Waals surface area (Å²) in [5.41, 5.74) is 8.83. The van der Waals surface area contributed by atoms with Gasteiger partial charge in [0.1, 0.15) is 11.4 Å². The minimum absolute atomic E-state index is 0.00214. The van der Waals surface area contributed by atoms with E-state index in [1.165, 1.54) is 12.1 Å². The van der Waals surface area contributed by atoms with E-state index >= 15 is 0 Å². The fraction of sp³-hybridized carbons (Fsp3) is 0.675. The van der Waals surface area contributed by atoms with Crippen molar-refractivity contribution in [3.63, 3.8) is 0 Å². The quantitative estimate of drug-likeness (QED) is 0.304. The van der Waals surface area contributed by atoms with Crippen LogP contribution in [0.25, 0.3) is 0 Å². The van der Waals surface area contributed by atoms with Crippen LogP contribution in [0.2, 0.25) is 18.1 Å². The monoisotopic (exact) mass is 738 g/mol. The second-order valence-corrected chi connectivity index (χ2v) is 23.3. The van der Waals surface area contributed by atoms with Gasteiger partial charge in [0.2, 0.25) is 11.8 Å². The number of likely N-dealkylation sites (tertiary alicyclic amines) is 1. The largest absolute Gasteiger partial charge is 0.530 e. The summed E-state index contributed by atoms with van der Waals surface area (Å²) >= 11 is 0. The number of hydrogen-bond acceptors (Lipinski definition) is 8. The normalized spacial score (nSPS) is 23.1. The Balaban J connectivity index is 1.46. The molecule has 2 aromatic rings. The van der Waals surface area contributed by atoms with E-state index in [9.17, 15) is 14.0 Å².